The monoisotopic (exact) mass is 406 g/mol. The minimum atomic E-state index is 0.00603. The Morgan fingerprint density at radius 2 is 2.04 bits per heavy atom. The van der Waals surface area contributed by atoms with Gasteiger partial charge in [-0.05, 0) is 36.4 Å². The molecule has 0 aliphatic rings. The number of amides is 1. The molecule has 7 nitrogen and oxygen atoms in total. The van der Waals surface area contributed by atoms with Crippen LogP contribution in [0.2, 0.25) is 5.02 Å². The molecule has 0 radical (unpaired) electrons. The first-order chi connectivity index (χ1) is 13.0. The lowest BCUT2D eigenvalue weighted by Crippen LogP contribution is -2.23. The molecule has 2 aromatic heterocycles. The van der Waals surface area contributed by atoms with Crippen LogP contribution >= 0.6 is 23.4 Å². The molecular weight excluding hydrogens is 388 g/mol. The zero-order valence-corrected chi connectivity index (χ0v) is 16.5. The van der Waals surface area contributed by atoms with Crippen LogP contribution in [0, 0.1) is 0 Å². The quantitative estimate of drug-likeness (QED) is 0.534. The predicted molar refractivity (Wildman–Crippen MR) is 103 cm³/mol. The lowest BCUT2D eigenvalue weighted by molar-refractivity contribution is -0.125. The Morgan fingerprint density at radius 1 is 1.26 bits per heavy atom. The van der Waals surface area contributed by atoms with Crippen molar-refractivity contribution in [2.24, 2.45) is 0 Å². The summed E-state index contributed by atoms with van der Waals surface area (Å²) in [5.74, 6) is 2.38. The highest BCUT2D eigenvalue weighted by Crippen LogP contribution is 2.21. The summed E-state index contributed by atoms with van der Waals surface area (Å²) in [5.41, 5.74) is 0. The maximum absolute atomic E-state index is 11.9. The molecule has 1 amide bonds. The van der Waals surface area contributed by atoms with Gasteiger partial charge >= 0.3 is 0 Å². The fraction of sp³-hybridized carbons (Fsp3) is 0.278. The molecule has 0 saturated heterocycles. The molecule has 0 atom stereocenters. The van der Waals surface area contributed by atoms with E-state index in [1.807, 2.05) is 16.7 Å². The predicted octanol–water partition coefficient (Wildman–Crippen LogP) is 3.33. The van der Waals surface area contributed by atoms with E-state index in [2.05, 4.69) is 10.2 Å². The van der Waals surface area contributed by atoms with Crippen molar-refractivity contribution in [1.82, 2.24) is 19.7 Å². The number of halogens is 1. The maximum Gasteiger partial charge on any atom is 0.232 e. The molecule has 2 heterocycles. The molecule has 9 heteroatoms. The van der Waals surface area contributed by atoms with Gasteiger partial charge in [-0.1, -0.05) is 23.4 Å². The highest BCUT2D eigenvalue weighted by atomic mass is 35.5. The molecule has 0 bridgehead atoms. The summed E-state index contributed by atoms with van der Waals surface area (Å²) in [7, 11) is 3.45. The number of carbonyl (C=O) groups is 1. The number of rotatable bonds is 8. The Bertz CT molecular complexity index is 879. The summed E-state index contributed by atoms with van der Waals surface area (Å²) < 4.78 is 13.1. The number of nitrogens with zero attached hydrogens (tertiary/aromatic N) is 4. The van der Waals surface area contributed by atoms with Crippen LogP contribution in [0.15, 0.2) is 52.2 Å². The van der Waals surface area contributed by atoms with Crippen LogP contribution in [-0.2, 0) is 17.9 Å². The first-order valence-electron chi connectivity index (χ1n) is 8.18. The summed E-state index contributed by atoms with van der Waals surface area (Å²) in [6, 6.07) is 10.8. The smallest absolute Gasteiger partial charge is 0.232 e. The van der Waals surface area contributed by atoms with Crippen molar-refractivity contribution in [2.45, 2.75) is 18.3 Å². The van der Waals surface area contributed by atoms with Gasteiger partial charge in [0.05, 0.1) is 18.6 Å². The van der Waals surface area contributed by atoms with Crippen molar-refractivity contribution in [2.75, 3.05) is 19.8 Å². The van der Waals surface area contributed by atoms with Crippen molar-refractivity contribution in [3.8, 4) is 5.75 Å². The average molecular weight is 407 g/mol. The molecule has 0 fully saturated rings. The van der Waals surface area contributed by atoms with Gasteiger partial charge in [-0.3, -0.25) is 9.36 Å². The molecule has 1 aromatic carbocycles. The summed E-state index contributed by atoms with van der Waals surface area (Å²) in [6.07, 6.45) is 1.62. The van der Waals surface area contributed by atoms with Crippen molar-refractivity contribution >= 4 is 29.3 Å². The Kier molecular flexibility index (Phi) is 6.41. The largest absolute Gasteiger partial charge is 0.486 e. The first-order valence-corrected chi connectivity index (χ1v) is 9.55. The molecule has 27 heavy (non-hydrogen) atoms. The molecule has 0 aliphatic heterocycles. The van der Waals surface area contributed by atoms with Crippen molar-refractivity contribution in [3.63, 3.8) is 0 Å². The van der Waals surface area contributed by atoms with Crippen LogP contribution in [0.25, 0.3) is 0 Å². The topological polar surface area (TPSA) is 73.4 Å². The number of hydrogen-bond acceptors (Lipinski definition) is 6. The summed E-state index contributed by atoms with van der Waals surface area (Å²) in [6.45, 7) is 0.690. The third kappa shape index (κ3) is 5.27. The van der Waals surface area contributed by atoms with Gasteiger partial charge in [0.2, 0.25) is 5.91 Å². The zero-order valence-electron chi connectivity index (χ0n) is 15.0. The van der Waals surface area contributed by atoms with Crippen molar-refractivity contribution in [1.29, 1.82) is 0 Å². The molecule has 0 aliphatic carbocycles. The number of furan rings is 1. The Hall–Kier alpha value is -2.45. The molecular formula is C18H19ClN4O3S. The van der Waals surface area contributed by atoms with Gasteiger partial charge in [0, 0.05) is 19.1 Å². The Balaban J connectivity index is 1.75. The van der Waals surface area contributed by atoms with E-state index in [1.165, 1.54) is 11.8 Å². The van der Waals surface area contributed by atoms with E-state index >= 15 is 0 Å². The fourth-order valence-corrected chi connectivity index (χ4v) is 3.24. The molecule has 3 aromatic rings. The van der Waals surface area contributed by atoms with Crippen LogP contribution in [0.4, 0.5) is 0 Å². The standard InChI is InChI=1S/C18H19ClN4O3S/c1-22(2)17(24)12-27-18-21-20-16(23(18)10-15-4-3-9-25-15)11-26-14-7-5-13(19)6-8-14/h3-9H,10-12H2,1-2H3. The third-order valence-corrected chi connectivity index (χ3v) is 4.90. The highest BCUT2D eigenvalue weighted by molar-refractivity contribution is 7.99. The SMILES string of the molecule is CN(C)C(=O)CSc1nnc(COc2ccc(Cl)cc2)n1Cc1ccco1. The number of carbonyl (C=O) groups excluding carboxylic acids is 1. The highest BCUT2D eigenvalue weighted by Gasteiger charge is 2.16. The molecule has 0 unspecified atom stereocenters. The van der Waals surface area contributed by atoms with E-state index in [0.717, 1.165) is 5.76 Å². The van der Waals surface area contributed by atoms with E-state index in [4.69, 9.17) is 20.8 Å². The molecule has 0 spiro atoms. The van der Waals surface area contributed by atoms with Gasteiger partial charge in [-0.2, -0.15) is 0 Å². The van der Waals surface area contributed by atoms with Crippen LogP contribution in [0.5, 0.6) is 5.75 Å². The van der Waals surface area contributed by atoms with Crippen LogP contribution in [0.1, 0.15) is 11.6 Å². The lowest BCUT2D eigenvalue weighted by Gasteiger charge is -2.11. The summed E-state index contributed by atoms with van der Waals surface area (Å²) in [4.78, 5) is 13.4. The molecule has 142 valence electrons. The zero-order chi connectivity index (χ0) is 19.2. The van der Waals surface area contributed by atoms with E-state index in [1.54, 1.807) is 49.5 Å². The normalized spacial score (nSPS) is 10.8. The number of thioether (sulfide) groups is 1. The van der Waals surface area contributed by atoms with Gasteiger partial charge in [0.15, 0.2) is 11.0 Å². The Labute approximate surface area is 166 Å². The summed E-state index contributed by atoms with van der Waals surface area (Å²) >= 11 is 7.23. The fourth-order valence-electron chi connectivity index (χ4n) is 2.18. The second kappa shape index (κ2) is 8.96. The molecule has 0 N–H and O–H groups in total. The van der Waals surface area contributed by atoms with Gasteiger partial charge in [-0.25, -0.2) is 0 Å². The second-order valence-electron chi connectivity index (χ2n) is 5.88. The summed E-state index contributed by atoms with van der Waals surface area (Å²) in [5, 5.41) is 9.72. The van der Waals surface area contributed by atoms with E-state index in [9.17, 15) is 4.79 Å². The number of aromatic nitrogens is 3. The number of ether oxygens (including phenoxy) is 1. The molecule has 0 saturated carbocycles. The van der Waals surface area contributed by atoms with Crippen LogP contribution < -0.4 is 4.74 Å². The lowest BCUT2D eigenvalue weighted by atomic mass is 10.3. The van der Waals surface area contributed by atoms with Gasteiger partial charge < -0.3 is 14.1 Å². The van der Waals surface area contributed by atoms with E-state index in [0.29, 0.717) is 28.3 Å². The van der Waals surface area contributed by atoms with Gasteiger partial charge in [0.1, 0.15) is 18.1 Å². The van der Waals surface area contributed by atoms with Gasteiger partial charge in [0.25, 0.3) is 0 Å². The first kappa shape index (κ1) is 19.3. The second-order valence-corrected chi connectivity index (χ2v) is 7.26. The van der Waals surface area contributed by atoms with E-state index in [-0.39, 0.29) is 18.3 Å². The van der Waals surface area contributed by atoms with Crippen LogP contribution in [-0.4, -0.2) is 45.4 Å². The van der Waals surface area contributed by atoms with Gasteiger partial charge in [-0.15, -0.1) is 10.2 Å². The minimum absolute atomic E-state index is 0.00603. The third-order valence-electron chi connectivity index (χ3n) is 3.69. The van der Waals surface area contributed by atoms with Crippen molar-refractivity contribution in [3.05, 3.63) is 59.3 Å². The Morgan fingerprint density at radius 3 is 2.70 bits per heavy atom. The minimum Gasteiger partial charge on any atom is -0.486 e. The van der Waals surface area contributed by atoms with E-state index < -0.39 is 0 Å². The number of hydrogen-bond donors (Lipinski definition) is 0. The van der Waals surface area contributed by atoms with Crippen LogP contribution in [0.3, 0.4) is 0 Å². The molecule has 3 rings (SSSR count). The average Bonchev–Trinajstić information content (AvgIpc) is 3.30. The maximum atomic E-state index is 11.9. The number of benzene rings is 1. The van der Waals surface area contributed by atoms with Crippen molar-refractivity contribution < 1.29 is 13.9 Å².